The van der Waals surface area contributed by atoms with Gasteiger partial charge in [-0.05, 0) is 37.7 Å². The Kier molecular flexibility index (Phi) is 3.93. The Labute approximate surface area is 137 Å². The van der Waals surface area contributed by atoms with Crippen LogP contribution >= 0.6 is 23.1 Å². The van der Waals surface area contributed by atoms with Crippen molar-refractivity contribution in [2.24, 2.45) is 0 Å². The molecular formula is C14H10F3N3OS2. The second kappa shape index (κ2) is 5.64. The molecule has 1 aromatic carbocycles. The molecule has 0 aliphatic rings. The SMILES string of the molecule is Cc1ccc(SC(=O)c2sc3nc(C(F)(F)F)nn3c2C)cc1. The third-order valence-corrected chi connectivity index (χ3v) is 5.25. The lowest BCUT2D eigenvalue weighted by Gasteiger charge is -2.01. The van der Waals surface area contributed by atoms with Crippen LogP contribution in [0, 0.1) is 13.8 Å². The summed E-state index contributed by atoms with van der Waals surface area (Å²) in [5, 5.41) is 3.20. The van der Waals surface area contributed by atoms with Crippen LogP contribution in [0.4, 0.5) is 13.2 Å². The fraction of sp³-hybridized carbons (Fsp3) is 0.214. The monoisotopic (exact) mass is 357 g/mol. The molecule has 0 atom stereocenters. The van der Waals surface area contributed by atoms with Crippen molar-refractivity contribution in [2.45, 2.75) is 24.9 Å². The van der Waals surface area contributed by atoms with Gasteiger partial charge in [0.05, 0.1) is 5.69 Å². The third kappa shape index (κ3) is 3.11. The molecule has 9 heteroatoms. The molecule has 23 heavy (non-hydrogen) atoms. The zero-order chi connectivity index (χ0) is 16.8. The molecule has 0 unspecified atom stereocenters. The van der Waals surface area contributed by atoms with Gasteiger partial charge in [0.25, 0.3) is 5.82 Å². The van der Waals surface area contributed by atoms with Gasteiger partial charge in [-0.3, -0.25) is 4.79 Å². The van der Waals surface area contributed by atoms with Gasteiger partial charge in [-0.15, -0.1) is 5.10 Å². The first-order valence-corrected chi connectivity index (χ1v) is 8.11. The number of hydrogen-bond donors (Lipinski definition) is 0. The molecule has 0 aliphatic heterocycles. The van der Waals surface area contributed by atoms with Gasteiger partial charge in [0.2, 0.25) is 10.1 Å². The van der Waals surface area contributed by atoms with Crippen LogP contribution < -0.4 is 0 Å². The van der Waals surface area contributed by atoms with Gasteiger partial charge in [-0.1, -0.05) is 29.0 Å². The topological polar surface area (TPSA) is 47.3 Å². The molecule has 2 aromatic heterocycles. The molecule has 0 bridgehead atoms. The van der Waals surface area contributed by atoms with E-state index in [2.05, 4.69) is 10.1 Å². The quantitative estimate of drug-likeness (QED) is 0.640. The first-order valence-electron chi connectivity index (χ1n) is 6.48. The fourth-order valence-corrected chi connectivity index (χ4v) is 3.79. The van der Waals surface area contributed by atoms with Crippen molar-refractivity contribution in [3.8, 4) is 0 Å². The third-order valence-electron chi connectivity index (χ3n) is 3.09. The summed E-state index contributed by atoms with van der Waals surface area (Å²) in [5.41, 5.74) is 1.44. The predicted molar refractivity (Wildman–Crippen MR) is 82.0 cm³/mol. The van der Waals surface area contributed by atoms with Crippen LogP contribution in [0.3, 0.4) is 0 Å². The van der Waals surface area contributed by atoms with Crippen molar-refractivity contribution in [3.05, 3.63) is 46.2 Å². The minimum atomic E-state index is -4.60. The Morgan fingerprint density at radius 1 is 1.22 bits per heavy atom. The highest BCUT2D eigenvalue weighted by Crippen LogP contribution is 2.32. The number of rotatable bonds is 2. The standard InChI is InChI=1S/C14H10F3N3OS2/c1-7-3-5-9(6-4-7)22-11(21)10-8(2)20-13(23-10)18-12(19-20)14(15,16)17/h3-6H,1-2H3. The van der Waals surface area contributed by atoms with Crippen LogP contribution in [0.1, 0.15) is 26.8 Å². The maximum atomic E-state index is 12.6. The Hall–Kier alpha value is -1.87. The van der Waals surface area contributed by atoms with Gasteiger partial charge in [-0.2, -0.15) is 18.2 Å². The van der Waals surface area contributed by atoms with E-state index in [4.69, 9.17) is 0 Å². The summed E-state index contributed by atoms with van der Waals surface area (Å²) in [6, 6.07) is 7.43. The molecule has 0 radical (unpaired) electrons. The van der Waals surface area contributed by atoms with Crippen molar-refractivity contribution < 1.29 is 18.0 Å². The smallest absolute Gasteiger partial charge is 0.280 e. The average Bonchev–Trinajstić information content (AvgIpc) is 3.01. The molecule has 2 heterocycles. The van der Waals surface area contributed by atoms with Gasteiger partial charge in [0, 0.05) is 4.90 Å². The molecule has 3 rings (SSSR count). The molecule has 0 amide bonds. The average molecular weight is 357 g/mol. The van der Waals surface area contributed by atoms with Gasteiger partial charge >= 0.3 is 6.18 Å². The zero-order valence-electron chi connectivity index (χ0n) is 12.0. The van der Waals surface area contributed by atoms with Gasteiger partial charge in [0.15, 0.2) is 0 Å². The Morgan fingerprint density at radius 3 is 2.43 bits per heavy atom. The van der Waals surface area contributed by atoms with Crippen molar-refractivity contribution in [2.75, 3.05) is 0 Å². The van der Waals surface area contributed by atoms with Crippen molar-refractivity contribution >= 4 is 33.2 Å². The number of benzene rings is 1. The van der Waals surface area contributed by atoms with E-state index < -0.39 is 12.0 Å². The van der Waals surface area contributed by atoms with Gasteiger partial charge < -0.3 is 0 Å². The molecule has 3 aromatic rings. The lowest BCUT2D eigenvalue weighted by Crippen LogP contribution is -2.08. The highest BCUT2D eigenvalue weighted by atomic mass is 32.2. The first kappa shape index (κ1) is 16.0. The largest absolute Gasteiger partial charge is 0.453 e. The second-order valence-corrected chi connectivity index (χ2v) is 6.87. The lowest BCUT2D eigenvalue weighted by molar-refractivity contribution is -0.144. The molecule has 0 saturated carbocycles. The van der Waals surface area contributed by atoms with Gasteiger partial charge in [0.1, 0.15) is 4.88 Å². The zero-order valence-corrected chi connectivity index (χ0v) is 13.6. The van der Waals surface area contributed by atoms with Crippen LogP contribution in [-0.4, -0.2) is 19.7 Å². The van der Waals surface area contributed by atoms with E-state index in [0.29, 0.717) is 10.6 Å². The fourth-order valence-electron chi connectivity index (χ4n) is 1.91. The minimum absolute atomic E-state index is 0.0580. The van der Waals surface area contributed by atoms with Crippen molar-refractivity contribution in [1.82, 2.24) is 14.6 Å². The maximum absolute atomic E-state index is 12.6. The molecule has 0 N–H and O–H groups in total. The summed E-state index contributed by atoms with van der Waals surface area (Å²) in [5.74, 6) is -1.20. The summed E-state index contributed by atoms with van der Waals surface area (Å²) < 4.78 is 38.9. The van der Waals surface area contributed by atoms with E-state index in [0.717, 1.165) is 38.1 Å². The van der Waals surface area contributed by atoms with E-state index in [-0.39, 0.29) is 10.1 Å². The number of hydrogen-bond acceptors (Lipinski definition) is 5. The van der Waals surface area contributed by atoms with Crippen LogP contribution in [-0.2, 0) is 6.18 Å². The number of fused-ring (bicyclic) bond motifs is 1. The molecule has 120 valence electrons. The predicted octanol–water partition coefficient (Wildman–Crippen LogP) is 4.36. The van der Waals surface area contributed by atoms with E-state index >= 15 is 0 Å². The Balaban J connectivity index is 1.90. The molecular weight excluding hydrogens is 347 g/mol. The number of carbonyl (C=O) groups excluding carboxylic acids is 1. The number of carbonyl (C=O) groups is 1. The number of nitrogens with zero attached hydrogens (tertiary/aromatic N) is 3. The second-order valence-electron chi connectivity index (χ2n) is 4.85. The number of halogens is 3. The van der Waals surface area contributed by atoms with Crippen LogP contribution in [0.5, 0.6) is 0 Å². The minimum Gasteiger partial charge on any atom is -0.280 e. The number of thioether (sulfide) groups is 1. The number of thiazole rings is 1. The molecule has 0 aliphatic carbocycles. The Bertz CT molecular complexity index is 881. The summed E-state index contributed by atoms with van der Waals surface area (Å²) in [4.78, 5) is 17.0. The summed E-state index contributed by atoms with van der Waals surface area (Å²) in [6.07, 6.45) is -4.60. The van der Waals surface area contributed by atoms with Crippen LogP contribution in [0.25, 0.3) is 4.96 Å². The van der Waals surface area contributed by atoms with E-state index in [9.17, 15) is 18.0 Å². The van der Waals surface area contributed by atoms with E-state index in [1.807, 2.05) is 31.2 Å². The molecule has 0 saturated heterocycles. The van der Waals surface area contributed by atoms with E-state index in [1.165, 1.54) is 0 Å². The van der Waals surface area contributed by atoms with Crippen molar-refractivity contribution in [1.29, 1.82) is 0 Å². The van der Waals surface area contributed by atoms with Gasteiger partial charge in [-0.25, -0.2) is 4.52 Å². The normalized spacial score (nSPS) is 12.0. The number of aryl methyl sites for hydroxylation is 2. The molecule has 4 nitrogen and oxygen atoms in total. The molecule has 0 fully saturated rings. The number of aromatic nitrogens is 3. The highest BCUT2D eigenvalue weighted by Gasteiger charge is 2.37. The van der Waals surface area contributed by atoms with Crippen LogP contribution in [0.2, 0.25) is 0 Å². The summed E-state index contributed by atoms with van der Waals surface area (Å²) in [6.45, 7) is 3.50. The molecule has 0 spiro atoms. The highest BCUT2D eigenvalue weighted by molar-refractivity contribution is 8.14. The summed E-state index contributed by atoms with van der Waals surface area (Å²) in [7, 11) is 0. The first-order chi connectivity index (χ1) is 10.8. The van der Waals surface area contributed by atoms with Crippen molar-refractivity contribution in [3.63, 3.8) is 0 Å². The Morgan fingerprint density at radius 2 is 1.87 bits per heavy atom. The maximum Gasteiger partial charge on any atom is 0.453 e. The summed E-state index contributed by atoms with van der Waals surface area (Å²) >= 11 is 1.94. The van der Waals surface area contributed by atoms with Crippen LogP contribution in [0.15, 0.2) is 29.2 Å². The number of alkyl halides is 3. The lowest BCUT2D eigenvalue weighted by atomic mass is 10.2. The van der Waals surface area contributed by atoms with E-state index in [1.54, 1.807) is 6.92 Å².